The molecule has 0 atom stereocenters. The van der Waals surface area contributed by atoms with Crippen molar-refractivity contribution in [2.45, 2.75) is 13.8 Å². The average molecular weight is 404 g/mol. The van der Waals surface area contributed by atoms with Crippen LogP contribution in [0.5, 0.6) is 28.7 Å². The first-order chi connectivity index (χ1) is 13.9. The van der Waals surface area contributed by atoms with Gasteiger partial charge < -0.3 is 28.8 Å². The molecule has 0 unspecified atom stereocenters. The van der Waals surface area contributed by atoms with E-state index in [1.165, 1.54) is 45.6 Å². The Morgan fingerprint density at radius 2 is 1.24 bits per heavy atom. The normalized spacial score (nSPS) is 10.2. The third-order valence-corrected chi connectivity index (χ3v) is 4.09. The van der Waals surface area contributed by atoms with Gasteiger partial charge in [-0.15, -0.1) is 0 Å². The first-order valence-electron chi connectivity index (χ1n) is 8.93. The number of rotatable bonds is 10. The fraction of sp³-hybridized carbons (Fsp3) is 0.333. The Morgan fingerprint density at radius 1 is 0.759 bits per heavy atom. The van der Waals surface area contributed by atoms with Crippen LogP contribution in [0.2, 0.25) is 0 Å². The molecule has 2 aromatic carbocycles. The van der Waals surface area contributed by atoms with E-state index in [0.29, 0.717) is 19.0 Å². The Kier molecular flexibility index (Phi) is 7.30. The molecule has 0 aromatic heterocycles. The van der Waals surface area contributed by atoms with Gasteiger partial charge in [-0.2, -0.15) is 0 Å². The predicted octanol–water partition coefficient (Wildman–Crippen LogP) is 3.44. The van der Waals surface area contributed by atoms with Gasteiger partial charge in [-0.05, 0) is 38.1 Å². The molecule has 0 amide bonds. The van der Waals surface area contributed by atoms with Crippen molar-refractivity contribution in [3.05, 3.63) is 41.0 Å². The van der Waals surface area contributed by atoms with E-state index in [-0.39, 0.29) is 39.7 Å². The smallest absolute Gasteiger partial charge is 0.336 e. The summed E-state index contributed by atoms with van der Waals surface area (Å²) in [6, 6.07) is 5.60. The number of ketones is 1. The molecule has 0 saturated carbocycles. The van der Waals surface area contributed by atoms with Crippen molar-refractivity contribution in [3.8, 4) is 28.7 Å². The highest BCUT2D eigenvalue weighted by atomic mass is 16.5. The van der Waals surface area contributed by atoms with E-state index in [1.807, 2.05) is 0 Å². The lowest BCUT2D eigenvalue weighted by atomic mass is 9.97. The van der Waals surface area contributed by atoms with Crippen molar-refractivity contribution in [2.24, 2.45) is 0 Å². The lowest BCUT2D eigenvalue weighted by molar-refractivity contribution is 0.0692. The molecule has 0 fully saturated rings. The number of carboxylic acid groups (broad SMARTS) is 1. The number of hydrogen-bond acceptors (Lipinski definition) is 7. The highest BCUT2D eigenvalue weighted by Crippen LogP contribution is 2.39. The summed E-state index contributed by atoms with van der Waals surface area (Å²) in [6.45, 7) is 4.19. The fourth-order valence-electron chi connectivity index (χ4n) is 2.83. The molecule has 1 N–H and O–H groups in total. The Bertz CT molecular complexity index is 879. The van der Waals surface area contributed by atoms with Crippen LogP contribution in [0.1, 0.15) is 40.1 Å². The molecule has 2 aromatic rings. The molecule has 0 aliphatic rings. The Balaban J connectivity index is 2.68. The molecule has 0 radical (unpaired) electrons. The van der Waals surface area contributed by atoms with Crippen molar-refractivity contribution >= 4 is 11.8 Å². The number of carbonyl (C=O) groups is 2. The van der Waals surface area contributed by atoms with Crippen LogP contribution in [0.4, 0.5) is 0 Å². The van der Waals surface area contributed by atoms with E-state index in [0.717, 1.165) is 0 Å². The molecule has 0 spiro atoms. The zero-order valence-corrected chi connectivity index (χ0v) is 17.0. The summed E-state index contributed by atoms with van der Waals surface area (Å²) in [5, 5.41) is 9.64. The zero-order chi connectivity index (χ0) is 21.6. The summed E-state index contributed by atoms with van der Waals surface area (Å²) in [5.74, 6) is -0.364. The molecule has 0 saturated heterocycles. The second kappa shape index (κ2) is 9.68. The molecule has 2 rings (SSSR count). The van der Waals surface area contributed by atoms with Gasteiger partial charge in [0.1, 0.15) is 0 Å². The second-order valence-corrected chi connectivity index (χ2v) is 5.76. The molecule has 0 aliphatic heterocycles. The van der Waals surface area contributed by atoms with Gasteiger partial charge in [0.05, 0.1) is 40.1 Å². The van der Waals surface area contributed by atoms with Crippen molar-refractivity contribution in [2.75, 3.05) is 34.5 Å². The summed E-state index contributed by atoms with van der Waals surface area (Å²) in [6.07, 6.45) is 0. The highest BCUT2D eigenvalue weighted by molar-refractivity contribution is 6.15. The molecule has 156 valence electrons. The van der Waals surface area contributed by atoms with Gasteiger partial charge in [-0.25, -0.2) is 4.79 Å². The minimum absolute atomic E-state index is 0.0429. The molecule has 8 nitrogen and oxygen atoms in total. The van der Waals surface area contributed by atoms with Gasteiger partial charge in [0.2, 0.25) is 5.75 Å². The summed E-state index contributed by atoms with van der Waals surface area (Å²) < 4.78 is 26.8. The summed E-state index contributed by atoms with van der Waals surface area (Å²) in [7, 11) is 4.31. The third kappa shape index (κ3) is 4.53. The SMILES string of the molecule is CCOc1cc(C(=O)O)c(C(=O)c2cc(OC)c(OC)c(OC)c2)cc1OCC. The highest BCUT2D eigenvalue weighted by Gasteiger charge is 2.25. The van der Waals surface area contributed by atoms with Crippen LogP contribution < -0.4 is 23.7 Å². The van der Waals surface area contributed by atoms with Crippen LogP contribution >= 0.6 is 0 Å². The molecule has 0 aliphatic carbocycles. The fourth-order valence-corrected chi connectivity index (χ4v) is 2.83. The zero-order valence-electron chi connectivity index (χ0n) is 17.0. The lowest BCUT2D eigenvalue weighted by Crippen LogP contribution is -2.12. The first kappa shape index (κ1) is 21.9. The molecule has 0 heterocycles. The van der Waals surface area contributed by atoms with E-state index in [1.54, 1.807) is 13.8 Å². The Labute approximate surface area is 168 Å². The number of ether oxygens (including phenoxy) is 5. The third-order valence-electron chi connectivity index (χ3n) is 4.09. The number of carbonyl (C=O) groups excluding carboxylic acids is 1. The lowest BCUT2D eigenvalue weighted by Gasteiger charge is -2.16. The monoisotopic (exact) mass is 404 g/mol. The average Bonchev–Trinajstić information content (AvgIpc) is 2.73. The van der Waals surface area contributed by atoms with Crippen LogP contribution in [0, 0.1) is 0 Å². The van der Waals surface area contributed by atoms with Crippen molar-refractivity contribution in [3.63, 3.8) is 0 Å². The number of hydrogen-bond donors (Lipinski definition) is 1. The molecule has 8 heteroatoms. The van der Waals surface area contributed by atoms with Gasteiger partial charge in [0.25, 0.3) is 0 Å². The molecule has 29 heavy (non-hydrogen) atoms. The Hall–Kier alpha value is -3.42. The molecule has 0 bridgehead atoms. The quantitative estimate of drug-likeness (QED) is 0.601. The largest absolute Gasteiger partial charge is 0.493 e. The summed E-state index contributed by atoms with van der Waals surface area (Å²) in [4.78, 5) is 25.0. The maximum absolute atomic E-state index is 13.2. The Morgan fingerprint density at radius 3 is 1.62 bits per heavy atom. The molecular formula is C21H24O8. The van der Waals surface area contributed by atoms with E-state index < -0.39 is 11.8 Å². The van der Waals surface area contributed by atoms with Crippen LogP contribution in [-0.4, -0.2) is 51.4 Å². The molecular weight excluding hydrogens is 380 g/mol. The first-order valence-corrected chi connectivity index (χ1v) is 8.93. The van der Waals surface area contributed by atoms with Gasteiger partial charge in [0.15, 0.2) is 28.8 Å². The number of aromatic carboxylic acids is 1. The topological polar surface area (TPSA) is 101 Å². The van der Waals surface area contributed by atoms with Gasteiger partial charge in [-0.3, -0.25) is 4.79 Å². The van der Waals surface area contributed by atoms with Gasteiger partial charge >= 0.3 is 5.97 Å². The van der Waals surface area contributed by atoms with Gasteiger partial charge in [-0.1, -0.05) is 0 Å². The standard InChI is InChI=1S/C21H24O8/c1-6-28-15-10-13(14(21(23)24)11-16(15)29-7-2)19(22)12-8-17(25-3)20(27-5)18(9-12)26-4/h8-11H,6-7H2,1-5H3,(H,23,24). The van der Waals surface area contributed by atoms with E-state index in [9.17, 15) is 14.7 Å². The van der Waals surface area contributed by atoms with Crippen LogP contribution in [0.25, 0.3) is 0 Å². The number of benzene rings is 2. The van der Waals surface area contributed by atoms with Crippen molar-refractivity contribution in [1.29, 1.82) is 0 Å². The summed E-state index contributed by atoms with van der Waals surface area (Å²) in [5.41, 5.74) is -0.0667. The maximum Gasteiger partial charge on any atom is 0.336 e. The van der Waals surface area contributed by atoms with Crippen molar-refractivity contribution in [1.82, 2.24) is 0 Å². The minimum atomic E-state index is -1.26. The predicted molar refractivity (Wildman–Crippen MR) is 105 cm³/mol. The van der Waals surface area contributed by atoms with E-state index in [4.69, 9.17) is 23.7 Å². The van der Waals surface area contributed by atoms with E-state index >= 15 is 0 Å². The minimum Gasteiger partial charge on any atom is -0.493 e. The van der Waals surface area contributed by atoms with Crippen LogP contribution in [0.3, 0.4) is 0 Å². The number of carboxylic acids is 1. The summed E-state index contributed by atoms with van der Waals surface area (Å²) >= 11 is 0. The van der Waals surface area contributed by atoms with Crippen LogP contribution in [-0.2, 0) is 0 Å². The maximum atomic E-state index is 13.2. The second-order valence-electron chi connectivity index (χ2n) is 5.76. The van der Waals surface area contributed by atoms with E-state index in [2.05, 4.69) is 0 Å². The van der Waals surface area contributed by atoms with Crippen molar-refractivity contribution < 1.29 is 38.4 Å². The number of methoxy groups -OCH3 is 3. The van der Waals surface area contributed by atoms with Gasteiger partial charge in [0, 0.05) is 11.1 Å². The van der Waals surface area contributed by atoms with Crippen LogP contribution in [0.15, 0.2) is 24.3 Å².